The summed E-state index contributed by atoms with van der Waals surface area (Å²) in [6, 6.07) is 11.7. The number of benzene rings is 2. The summed E-state index contributed by atoms with van der Waals surface area (Å²) in [5.74, 6) is -0.150. The monoisotopic (exact) mass is 443 g/mol. The van der Waals surface area contributed by atoms with Crippen LogP contribution in [0.15, 0.2) is 47.5 Å². The predicted octanol–water partition coefficient (Wildman–Crippen LogP) is 3.41. The van der Waals surface area contributed by atoms with E-state index in [1.165, 1.54) is 29.9 Å². The van der Waals surface area contributed by atoms with Gasteiger partial charge in [-0.25, -0.2) is 0 Å². The Morgan fingerprint density at radius 2 is 1.90 bits per heavy atom. The quantitative estimate of drug-likeness (QED) is 0.314. The summed E-state index contributed by atoms with van der Waals surface area (Å²) in [4.78, 5) is 39.0. The van der Waals surface area contributed by atoms with Crippen LogP contribution >= 0.6 is 11.3 Å². The molecule has 0 saturated carbocycles. The second kappa shape index (κ2) is 9.52. The van der Waals surface area contributed by atoms with E-state index in [0.717, 1.165) is 16.9 Å². The Bertz CT molecular complexity index is 1190. The zero-order valence-electron chi connectivity index (χ0n) is 17.2. The van der Waals surface area contributed by atoms with Gasteiger partial charge < -0.3 is 14.0 Å². The Balaban J connectivity index is 1.87. The molecule has 31 heavy (non-hydrogen) atoms. The fourth-order valence-corrected chi connectivity index (χ4v) is 3.92. The topological polar surface area (TPSA) is 113 Å². The van der Waals surface area contributed by atoms with Crippen molar-refractivity contribution in [2.24, 2.45) is 4.99 Å². The number of aromatic nitrogens is 1. The van der Waals surface area contributed by atoms with Gasteiger partial charge >= 0.3 is 5.97 Å². The molecule has 2 aromatic carbocycles. The molecule has 9 nitrogen and oxygen atoms in total. The summed E-state index contributed by atoms with van der Waals surface area (Å²) < 4.78 is 12.2. The molecular weight excluding hydrogens is 422 g/mol. The number of fused-ring (bicyclic) bond motifs is 1. The molecule has 0 saturated heterocycles. The minimum Gasteiger partial charge on any atom is -0.484 e. The molecule has 0 bridgehead atoms. The van der Waals surface area contributed by atoms with Crippen molar-refractivity contribution in [2.45, 2.75) is 26.3 Å². The van der Waals surface area contributed by atoms with E-state index < -0.39 is 16.8 Å². The maximum absolute atomic E-state index is 12.4. The zero-order valence-corrected chi connectivity index (χ0v) is 18.0. The Morgan fingerprint density at radius 3 is 2.52 bits per heavy atom. The van der Waals surface area contributed by atoms with E-state index in [1.54, 1.807) is 12.1 Å². The van der Waals surface area contributed by atoms with Gasteiger partial charge in [-0.15, -0.1) is 0 Å². The molecule has 1 aromatic heterocycles. The minimum atomic E-state index is -0.549. The highest BCUT2D eigenvalue weighted by Gasteiger charge is 2.15. The second-order valence-corrected chi connectivity index (χ2v) is 7.98. The molecule has 0 atom stereocenters. The van der Waals surface area contributed by atoms with Crippen molar-refractivity contribution in [3.63, 3.8) is 0 Å². The molecule has 0 aliphatic rings. The summed E-state index contributed by atoms with van der Waals surface area (Å²) in [5, 5.41) is 11.1. The normalized spacial score (nSPS) is 11.7. The number of nitro groups is 1. The maximum atomic E-state index is 12.4. The van der Waals surface area contributed by atoms with Gasteiger partial charge in [-0.05, 0) is 29.7 Å². The lowest BCUT2D eigenvalue weighted by molar-refractivity contribution is -0.384. The summed E-state index contributed by atoms with van der Waals surface area (Å²) in [6.45, 7) is 3.70. The van der Waals surface area contributed by atoms with E-state index in [2.05, 4.69) is 18.8 Å². The van der Waals surface area contributed by atoms with Gasteiger partial charge in [0.15, 0.2) is 11.4 Å². The number of ether oxygens (including phenoxy) is 2. The summed E-state index contributed by atoms with van der Waals surface area (Å²) in [6.07, 6.45) is 0. The van der Waals surface area contributed by atoms with E-state index in [-0.39, 0.29) is 23.6 Å². The Labute approximate surface area is 181 Å². The number of amides is 1. The van der Waals surface area contributed by atoms with Crippen molar-refractivity contribution in [3.05, 3.63) is 62.9 Å². The number of rotatable bonds is 7. The highest BCUT2D eigenvalue weighted by atomic mass is 32.1. The molecule has 3 rings (SSSR count). The summed E-state index contributed by atoms with van der Waals surface area (Å²) >= 11 is 1.07. The minimum absolute atomic E-state index is 0.0926. The standard InChI is InChI=1S/C21H21N3O6S/c1-13(2)14-4-7-16(8-5-14)30-12-19(25)22-21-23(11-20(26)29-3)17-9-6-15(24(27)28)10-18(17)31-21/h4-10,13H,11-12H2,1-3H3. The highest BCUT2D eigenvalue weighted by molar-refractivity contribution is 7.16. The Hall–Kier alpha value is -3.53. The van der Waals surface area contributed by atoms with E-state index in [4.69, 9.17) is 9.47 Å². The number of thiazole rings is 1. The first kappa shape index (κ1) is 22.2. The molecule has 0 spiro atoms. The van der Waals surface area contributed by atoms with Crippen LogP contribution in [-0.2, 0) is 20.9 Å². The number of nitrogens with zero attached hydrogens (tertiary/aromatic N) is 3. The molecular formula is C21H21N3O6S. The number of carbonyl (C=O) groups is 2. The molecule has 1 amide bonds. The summed E-state index contributed by atoms with van der Waals surface area (Å²) in [5.41, 5.74) is 1.61. The molecule has 0 radical (unpaired) electrons. The molecule has 0 aliphatic heterocycles. The smallest absolute Gasteiger partial charge is 0.325 e. The first-order chi connectivity index (χ1) is 14.8. The van der Waals surface area contributed by atoms with Gasteiger partial charge in [-0.3, -0.25) is 19.7 Å². The van der Waals surface area contributed by atoms with Gasteiger partial charge in [-0.1, -0.05) is 37.3 Å². The lowest BCUT2D eigenvalue weighted by Gasteiger charge is -2.07. The van der Waals surface area contributed by atoms with E-state index in [0.29, 0.717) is 21.9 Å². The van der Waals surface area contributed by atoms with E-state index >= 15 is 0 Å². The lowest BCUT2D eigenvalue weighted by atomic mass is 10.0. The average molecular weight is 443 g/mol. The van der Waals surface area contributed by atoms with Crippen LogP contribution in [0.1, 0.15) is 25.3 Å². The number of carbonyl (C=O) groups excluding carboxylic acids is 2. The molecule has 162 valence electrons. The second-order valence-electron chi connectivity index (χ2n) is 6.97. The van der Waals surface area contributed by atoms with Crippen LogP contribution in [-0.4, -0.2) is 35.1 Å². The maximum Gasteiger partial charge on any atom is 0.325 e. The van der Waals surface area contributed by atoms with Crippen LogP contribution < -0.4 is 9.54 Å². The van der Waals surface area contributed by atoms with Crippen LogP contribution in [0.25, 0.3) is 10.2 Å². The SMILES string of the molecule is COC(=O)Cn1c(=NC(=O)COc2ccc(C(C)C)cc2)sc2cc([N+](=O)[O-])ccc21. The van der Waals surface area contributed by atoms with Crippen molar-refractivity contribution in [1.29, 1.82) is 0 Å². The van der Waals surface area contributed by atoms with Crippen LogP contribution in [0.3, 0.4) is 0 Å². The fraction of sp³-hybridized carbons (Fsp3) is 0.286. The first-order valence-electron chi connectivity index (χ1n) is 9.43. The van der Waals surface area contributed by atoms with Crippen LogP contribution in [0.2, 0.25) is 0 Å². The number of hydrogen-bond donors (Lipinski definition) is 0. The Morgan fingerprint density at radius 1 is 1.19 bits per heavy atom. The van der Waals surface area contributed by atoms with Crippen molar-refractivity contribution in [2.75, 3.05) is 13.7 Å². The van der Waals surface area contributed by atoms with Crippen molar-refractivity contribution < 1.29 is 24.0 Å². The molecule has 0 aliphatic carbocycles. The molecule has 10 heteroatoms. The van der Waals surface area contributed by atoms with Gasteiger partial charge in [0.1, 0.15) is 12.3 Å². The average Bonchev–Trinajstić information content (AvgIpc) is 3.08. The predicted molar refractivity (Wildman–Crippen MR) is 115 cm³/mol. The number of hydrogen-bond acceptors (Lipinski definition) is 7. The number of esters is 1. The number of nitro benzene ring substituents is 1. The lowest BCUT2D eigenvalue weighted by Crippen LogP contribution is -2.23. The van der Waals surface area contributed by atoms with Gasteiger partial charge in [-0.2, -0.15) is 4.99 Å². The van der Waals surface area contributed by atoms with Crippen molar-refractivity contribution in [3.8, 4) is 5.75 Å². The number of methoxy groups -OCH3 is 1. The van der Waals surface area contributed by atoms with Crippen LogP contribution in [0, 0.1) is 10.1 Å². The third-order valence-corrected chi connectivity index (χ3v) is 5.56. The van der Waals surface area contributed by atoms with Crippen molar-refractivity contribution in [1.82, 2.24) is 4.57 Å². The fourth-order valence-electron chi connectivity index (χ4n) is 2.84. The number of non-ortho nitro benzene ring substituents is 1. The van der Waals surface area contributed by atoms with E-state index in [1.807, 2.05) is 12.1 Å². The van der Waals surface area contributed by atoms with E-state index in [9.17, 15) is 19.7 Å². The first-order valence-corrected chi connectivity index (χ1v) is 10.2. The molecule has 0 N–H and O–H groups in total. The Kier molecular flexibility index (Phi) is 6.81. The third kappa shape index (κ3) is 5.34. The van der Waals surface area contributed by atoms with Crippen molar-refractivity contribution >= 4 is 39.1 Å². The van der Waals surface area contributed by atoms with Gasteiger partial charge in [0.05, 0.1) is 22.2 Å². The summed E-state index contributed by atoms with van der Waals surface area (Å²) in [7, 11) is 1.25. The van der Waals surface area contributed by atoms with Gasteiger partial charge in [0, 0.05) is 12.1 Å². The van der Waals surface area contributed by atoms with Crippen LogP contribution in [0.4, 0.5) is 5.69 Å². The molecule has 0 fully saturated rings. The zero-order chi connectivity index (χ0) is 22.5. The largest absolute Gasteiger partial charge is 0.484 e. The van der Waals surface area contributed by atoms with Gasteiger partial charge in [0.2, 0.25) is 0 Å². The molecule has 3 aromatic rings. The molecule has 0 unspecified atom stereocenters. The third-order valence-electron chi connectivity index (χ3n) is 4.52. The molecule has 1 heterocycles. The van der Waals surface area contributed by atoms with Gasteiger partial charge in [0.25, 0.3) is 11.6 Å². The highest BCUT2D eigenvalue weighted by Crippen LogP contribution is 2.23. The van der Waals surface area contributed by atoms with Crippen LogP contribution in [0.5, 0.6) is 5.75 Å².